The fourth-order valence-electron chi connectivity index (χ4n) is 0.826. The van der Waals surface area contributed by atoms with Crippen molar-refractivity contribution in [3.63, 3.8) is 0 Å². The van der Waals surface area contributed by atoms with Crippen molar-refractivity contribution >= 4 is 5.78 Å². The third-order valence-electron chi connectivity index (χ3n) is 1.31. The summed E-state index contributed by atoms with van der Waals surface area (Å²) in [5.74, 6) is 0.0949. The summed E-state index contributed by atoms with van der Waals surface area (Å²) in [7, 11) is 0. The van der Waals surface area contributed by atoms with Crippen molar-refractivity contribution in [2.45, 2.75) is 27.7 Å². The van der Waals surface area contributed by atoms with Crippen LogP contribution in [0.25, 0.3) is 0 Å². The lowest BCUT2D eigenvalue weighted by Gasteiger charge is -1.88. The quantitative estimate of drug-likeness (QED) is 0.618. The first-order chi connectivity index (χ1) is 5.22. The minimum Gasteiger partial charge on any atom is -0.359 e. The Hall–Kier alpha value is -1.05. The van der Waals surface area contributed by atoms with Crippen LogP contribution in [-0.2, 0) is 0 Å². The molecule has 0 unspecified atom stereocenters. The number of rotatable bonds is 1. The van der Waals surface area contributed by atoms with E-state index in [9.17, 15) is 4.79 Å². The van der Waals surface area contributed by atoms with Crippen LogP contribution in [0.15, 0.2) is 12.3 Å². The second-order valence-electron chi connectivity index (χ2n) is 2.09. The highest BCUT2D eigenvalue weighted by molar-refractivity contribution is 5.93. The SMILES string of the molecule is CC.CC(=O)c1[nH]ccc1C. The van der Waals surface area contributed by atoms with Gasteiger partial charge in [0, 0.05) is 13.1 Å². The van der Waals surface area contributed by atoms with Crippen LogP contribution in [0.4, 0.5) is 0 Å². The van der Waals surface area contributed by atoms with Crippen LogP contribution in [0, 0.1) is 6.92 Å². The third-order valence-corrected chi connectivity index (χ3v) is 1.31. The summed E-state index contributed by atoms with van der Waals surface area (Å²) in [6, 6.07) is 1.89. The number of aromatic amines is 1. The zero-order chi connectivity index (χ0) is 8.85. The molecule has 11 heavy (non-hydrogen) atoms. The summed E-state index contributed by atoms with van der Waals surface area (Å²) >= 11 is 0. The molecule has 0 radical (unpaired) electrons. The van der Waals surface area contributed by atoms with Crippen molar-refractivity contribution in [2.24, 2.45) is 0 Å². The van der Waals surface area contributed by atoms with Crippen molar-refractivity contribution in [1.29, 1.82) is 0 Å². The molecule has 1 rings (SSSR count). The molecule has 0 spiro atoms. The lowest BCUT2D eigenvalue weighted by atomic mass is 10.2. The summed E-state index contributed by atoms with van der Waals surface area (Å²) in [6.07, 6.45) is 1.77. The van der Waals surface area contributed by atoms with Gasteiger partial charge in [-0.05, 0) is 18.6 Å². The van der Waals surface area contributed by atoms with Gasteiger partial charge in [0.2, 0.25) is 0 Å². The molecule has 1 aromatic heterocycles. The maximum absolute atomic E-state index is 10.7. The molecular weight excluding hydrogens is 138 g/mol. The molecule has 1 N–H and O–H groups in total. The number of Topliss-reactive ketones (excluding diaryl/α,β-unsaturated/α-hetero) is 1. The number of hydrogen-bond acceptors (Lipinski definition) is 1. The normalized spacial score (nSPS) is 8.36. The molecule has 0 atom stereocenters. The topological polar surface area (TPSA) is 32.9 Å². The van der Waals surface area contributed by atoms with E-state index < -0.39 is 0 Å². The Morgan fingerprint density at radius 1 is 1.45 bits per heavy atom. The highest BCUT2D eigenvalue weighted by atomic mass is 16.1. The van der Waals surface area contributed by atoms with Gasteiger partial charge in [-0.25, -0.2) is 0 Å². The van der Waals surface area contributed by atoms with Gasteiger partial charge in [-0.15, -0.1) is 0 Å². The maximum Gasteiger partial charge on any atom is 0.176 e. The van der Waals surface area contributed by atoms with E-state index in [1.54, 1.807) is 13.1 Å². The largest absolute Gasteiger partial charge is 0.359 e. The van der Waals surface area contributed by atoms with Crippen molar-refractivity contribution in [3.05, 3.63) is 23.5 Å². The van der Waals surface area contributed by atoms with E-state index in [1.165, 1.54) is 0 Å². The van der Waals surface area contributed by atoms with Crippen molar-refractivity contribution in [2.75, 3.05) is 0 Å². The van der Waals surface area contributed by atoms with E-state index in [2.05, 4.69) is 4.98 Å². The summed E-state index contributed by atoms with van der Waals surface area (Å²) < 4.78 is 0. The number of aromatic nitrogens is 1. The molecule has 62 valence electrons. The number of carbonyl (C=O) groups is 1. The Morgan fingerprint density at radius 3 is 2.18 bits per heavy atom. The Balaban J connectivity index is 0.000000461. The Bertz CT molecular complexity index is 225. The fourth-order valence-corrected chi connectivity index (χ4v) is 0.826. The van der Waals surface area contributed by atoms with Gasteiger partial charge in [0.15, 0.2) is 5.78 Å². The minimum atomic E-state index is 0.0949. The van der Waals surface area contributed by atoms with Crippen LogP contribution in [0.5, 0.6) is 0 Å². The first-order valence-electron chi connectivity index (χ1n) is 3.86. The fraction of sp³-hybridized carbons (Fsp3) is 0.444. The lowest BCUT2D eigenvalue weighted by molar-refractivity contribution is 0.101. The molecule has 0 fully saturated rings. The second kappa shape index (κ2) is 4.72. The summed E-state index contributed by atoms with van der Waals surface area (Å²) in [5.41, 5.74) is 1.73. The standard InChI is InChI=1S/C7H9NO.C2H6/c1-5-3-4-8-7(5)6(2)9;1-2/h3-4,8H,1-2H3;1-2H3. The predicted molar refractivity (Wildman–Crippen MR) is 46.9 cm³/mol. The van der Waals surface area contributed by atoms with Gasteiger partial charge in [0.25, 0.3) is 0 Å². The van der Waals surface area contributed by atoms with E-state index in [4.69, 9.17) is 0 Å². The van der Waals surface area contributed by atoms with Gasteiger partial charge >= 0.3 is 0 Å². The first-order valence-corrected chi connectivity index (χ1v) is 3.86. The molecule has 2 heteroatoms. The van der Waals surface area contributed by atoms with Crippen LogP contribution >= 0.6 is 0 Å². The van der Waals surface area contributed by atoms with E-state index >= 15 is 0 Å². The van der Waals surface area contributed by atoms with Crippen molar-refractivity contribution < 1.29 is 4.79 Å². The number of hydrogen-bond donors (Lipinski definition) is 1. The van der Waals surface area contributed by atoms with Crippen LogP contribution < -0.4 is 0 Å². The molecule has 0 aliphatic rings. The number of H-pyrrole nitrogens is 1. The van der Waals surface area contributed by atoms with Gasteiger partial charge in [-0.1, -0.05) is 13.8 Å². The average molecular weight is 153 g/mol. The highest BCUT2D eigenvalue weighted by Gasteiger charge is 2.01. The molecule has 0 amide bonds. The highest BCUT2D eigenvalue weighted by Crippen LogP contribution is 2.03. The molecule has 0 aliphatic carbocycles. The van der Waals surface area contributed by atoms with Gasteiger partial charge in [0.05, 0.1) is 5.69 Å². The smallest absolute Gasteiger partial charge is 0.176 e. The van der Waals surface area contributed by atoms with Crippen LogP contribution in [0.2, 0.25) is 0 Å². The molecule has 1 aromatic rings. The number of aryl methyl sites for hydroxylation is 1. The zero-order valence-corrected chi connectivity index (χ0v) is 7.56. The summed E-state index contributed by atoms with van der Waals surface area (Å²) in [5, 5.41) is 0. The van der Waals surface area contributed by atoms with Gasteiger partial charge in [-0.2, -0.15) is 0 Å². The van der Waals surface area contributed by atoms with Crippen LogP contribution in [0.3, 0.4) is 0 Å². The monoisotopic (exact) mass is 153 g/mol. The van der Waals surface area contributed by atoms with Gasteiger partial charge < -0.3 is 4.98 Å². The van der Waals surface area contributed by atoms with E-state index in [1.807, 2.05) is 26.8 Å². The molecule has 0 bridgehead atoms. The van der Waals surface area contributed by atoms with E-state index in [-0.39, 0.29) is 5.78 Å². The predicted octanol–water partition coefficient (Wildman–Crippen LogP) is 2.55. The molecular formula is C9H15NO. The molecule has 0 aromatic carbocycles. The average Bonchev–Trinajstić information content (AvgIpc) is 2.39. The maximum atomic E-state index is 10.7. The van der Waals surface area contributed by atoms with Crippen molar-refractivity contribution in [1.82, 2.24) is 4.98 Å². The molecule has 0 aliphatic heterocycles. The minimum absolute atomic E-state index is 0.0949. The van der Waals surface area contributed by atoms with Crippen LogP contribution in [0.1, 0.15) is 36.8 Å². The Kier molecular flexibility index (Phi) is 4.27. The van der Waals surface area contributed by atoms with Crippen molar-refractivity contribution in [3.8, 4) is 0 Å². The number of ketones is 1. The molecule has 1 heterocycles. The molecule has 0 saturated heterocycles. The number of carbonyl (C=O) groups excluding carboxylic acids is 1. The first kappa shape index (κ1) is 9.95. The van der Waals surface area contributed by atoms with Gasteiger partial charge in [0.1, 0.15) is 0 Å². The Morgan fingerprint density at radius 2 is 2.00 bits per heavy atom. The lowest BCUT2D eigenvalue weighted by Crippen LogP contribution is -1.93. The van der Waals surface area contributed by atoms with E-state index in [0.717, 1.165) is 11.3 Å². The summed E-state index contributed by atoms with van der Waals surface area (Å²) in [4.78, 5) is 13.6. The number of nitrogens with one attached hydrogen (secondary N) is 1. The zero-order valence-electron chi connectivity index (χ0n) is 7.56. The molecule has 0 saturated carbocycles. The van der Waals surface area contributed by atoms with Gasteiger partial charge in [-0.3, -0.25) is 4.79 Å². The summed E-state index contributed by atoms with van der Waals surface area (Å²) in [6.45, 7) is 7.46. The Labute approximate surface area is 67.6 Å². The van der Waals surface area contributed by atoms with Crippen LogP contribution in [-0.4, -0.2) is 10.8 Å². The second-order valence-corrected chi connectivity index (χ2v) is 2.09. The van der Waals surface area contributed by atoms with E-state index in [0.29, 0.717) is 0 Å². The molecule has 2 nitrogen and oxygen atoms in total. The third kappa shape index (κ3) is 2.58.